The van der Waals surface area contributed by atoms with Crippen molar-refractivity contribution in [3.05, 3.63) is 64.6 Å². The summed E-state index contributed by atoms with van der Waals surface area (Å²) >= 11 is 0. The second-order valence-electron chi connectivity index (χ2n) is 5.50. The standard InChI is InChI=1S/C16H14N6O2/c1-20(10-13-17-11-6-2-3-7-12(11)18-13)15-16(22(23)24)21-9-5-4-8-14(21)19-15/h2-9H,10H2,1H3,(H,17,18). The van der Waals surface area contributed by atoms with E-state index in [1.807, 2.05) is 24.3 Å². The Balaban J connectivity index is 1.73. The van der Waals surface area contributed by atoms with Crippen LogP contribution in [0.25, 0.3) is 16.7 Å². The van der Waals surface area contributed by atoms with Gasteiger partial charge < -0.3 is 20.0 Å². The molecule has 0 radical (unpaired) electrons. The van der Waals surface area contributed by atoms with Gasteiger partial charge in [-0.3, -0.25) is 0 Å². The summed E-state index contributed by atoms with van der Waals surface area (Å²) in [5, 5.41) is 11.5. The third kappa shape index (κ3) is 2.24. The fourth-order valence-electron chi connectivity index (χ4n) is 2.78. The number of anilines is 1. The fraction of sp³-hybridized carbons (Fsp3) is 0.125. The second-order valence-corrected chi connectivity index (χ2v) is 5.50. The van der Waals surface area contributed by atoms with Crippen LogP contribution in [-0.2, 0) is 6.54 Å². The van der Waals surface area contributed by atoms with Crippen molar-refractivity contribution in [2.75, 3.05) is 11.9 Å². The number of para-hydroxylation sites is 2. The molecule has 1 N–H and O–H groups in total. The Bertz CT molecular complexity index is 1020. The van der Waals surface area contributed by atoms with E-state index in [2.05, 4.69) is 15.0 Å². The molecule has 0 aliphatic heterocycles. The minimum atomic E-state index is -0.412. The van der Waals surface area contributed by atoms with Crippen LogP contribution in [0.3, 0.4) is 0 Å². The molecule has 0 aliphatic rings. The first-order valence-corrected chi connectivity index (χ1v) is 7.40. The Morgan fingerprint density at radius 3 is 2.79 bits per heavy atom. The van der Waals surface area contributed by atoms with E-state index in [1.54, 1.807) is 36.3 Å². The van der Waals surface area contributed by atoms with Crippen molar-refractivity contribution in [2.24, 2.45) is 0 Å². The van der Waals surface area contributed by atoms with Gasteiger partial charge in [0.2, 0.25) is 11.5 Å². The highest BCUT2D eigenvalue weighted by atomic mass is 16.6. The maximum atomic E-state index is 11.5. The zero-order valence-electron chi connectivity index (χ0n) is 12.9. The molecule has 0 atom stereocenters. The van der Waals surface area contributed by atoms with Gasteiger partial charge in [0.05, 0.1) is 23.8 Å². The number of pyridine rings is 1. The number of nitro groups is 1. The Hall–Kier alpha value is -3.42. The highest BCUT2D eigenvalue weighted by Gasteiger charge is 2.25. The molecule has 0 fully saturated rings. The van der Waals surface area contributed by atoms with E-state index in [4.69, 9.17) is 0 Å². The lowest BCUT2D eigenvalue weighted by atomic mass is 10.3. The summed E-state index contributed by atoms with van der Waals surface area (Å²) in [6.45, 7) is 0.388. The largest absolute Gasteiger partial charge is 0.372 e. The van der Waals surface area contributed by atoms with Crippen molar-refractivity contribution in [3.63, 3.8) is 0 Å². The monoisotopic (exact) mass is 322 g/mol. The predicted molar refractivity (Wildman–Crippen MR) is 90.0 cm³/mol. The maximum Gasteiger partial charge on any atom is 0.372 e. The van der Waals surface area contributed by atoms with Crippen LogP contribution in [0.15, 0.2) is 48.7 Å². The van der Waals surface area contributed by atoms with Gasteiger partial charge in [0.1, 0.15) is 5.82 Å². The van der Waals surface area contributed by atoms with Crippen molar-refractivity contribution >= 4 is 28.3 Å². The highest BCUT2D eigenvalue weighted by Crippen LogP contribution is 2.28. The predicted octanol–water partition coefficient (Wildman–Crippen LogP) is 2.76. The van der Waals surface area contributed by atoms with Crippen molar-refractivity contribution in [3.8, 4) is 0 Å². The number of imidazole rings is 2. The summed E-state index contributed by atoms with van der Waals surface area (Å²) in [6.07, 6.45) is 1.64. The first-order valence-electron chi connectivity index (χ1n) is 7.40. The molecule has 4 rings (SSSR count). The van der Waals surface area contributed by atoms with Gasteiger partial charge in [0, 0.05) is 13.1 Å². The molecule has 0 bridgehead atoms. The minimum Gasteiger partial charge on any atom is -0.358 e. The van der Waals surface area contributed by atoms with E-state index >= 15 is 0 Å². The fourth-order valence-corrected chi connectivity index (χ4v) is 2.78. The van der Waals surface area contributed by atoms with Crippen molar-refractivity contribution in [1.29, 1.82) is 0 Å². The van der Waals surface area contributed by atoms with E-state index in [9.17, 15) is 10.1 Å². The van der Waals surface area contributed by atoms with Crippen LogP contribution < -0.4 is 4.90 Å². The first-order chi connectivity index (χ1) is 11.6. The van der Waals surface area contributed by atoms with E-state index in [0.717, 1.165) is 16.9 Å². The second kappa shape index (κ2) is 5.34. The average molecular weight is 322 g/mol. The molecular weight excluding hydrogens is 308 g/mol. The molecule has 24 heavy (non-hydrogen) atoms. The summed E-state index contributed by atoms with van der Waals surface area (Å²) in [7, 11) is 1.77. The van der Waals surface area contributed by atoms with Gasteiger partial charge in [-0.1, -0.05) is 18.2 Å². The summed E-state index contributed by atoms with van der Waals surface area (Å²) in [6, 6.07) is 13.0. The number of benzene rings is 1. The molecule has 0 amide bonds. The summed E-state index contributed by atoms with van der Waals surface area (Å²) in [4.78, 5) is 24.9. The normalized spacial score (nSPS) is 11.2. The zero-order chi connectivity index (χ0) is 16.7. The number of fused-ring (bicyclic) bond motifs is 2. The molecule has 1 aromatic carbocycles. The molecular formula is C16H14N6O2. The van der Waals surface area contributed by atoms with E-state index in [0.29, 0.717) is 18.0 Å². The molecule has 0 saturated carbocycles. The van der Waals surface area contributed by atoms with Gasteiger partial charge in [-0.05, 0) is 23.1 Å². The molecule has 0 saturated heterocycles. The van der Waals surface area contributed by atoms with Gasteiger partial charge >= 0.3 is 5.82 Å². The zero-order valence-corrected chi connectivity index (χ0v) is 12.9. The molecule has 3 aromatic heterocycles. The van der Waals surface area contributed by atoms with Crippen LogP contribution in [-0.4, -0.2) is 31.3 Å². The van der Waals surface area contributed by atoms with E-state index in [1.165, 1.54) is 4.40 Å². The van der Waals surface area contributed by atoms with E-state index in [-0.39, 0.29) is 5.82 Å². The summed E-state index contributed by atoms with van der Waals surface area (Å²) < 4.78 is 1.48. The number of aromatic nitrogens is 4. The van der Waals surface area contributed by atoms with Gasteiger partial charge in [-0.2, -0.15) is 9.38 Å². The summed E-state index contributed by atoms with van der Waals surface area (Å²) in [5.74, 6) is 0.987. The molecule has 3 heterocycles. The van der Waals surface area contributed by atoms with Crippen LogP contribution >= 0.6 is 0 Å². The molecule has 0 spiro atoms. The quantitative estimate of drug-likeness (QED) is 0.461. The molecule has 8 nitrogen and oxygen atoms in total. The smallest absolute Gasteiger partial charge is 0.358 e. The lowest BCUT2D eigenvalue weighted by molar-refractivity contribution is -0.389. The van der Waals surface area contributed by atoms with Gasteiger partial charge in [0.15, 0.2) is 0 Å². The van der Waals surface area contributed by atoms with Gasteiger partial charge in [-0.25, -0.2) is 4.98 Å². The van der Waals surface area contributed by atoms with Crippen molar-refractivity contribution in [1.82, 2.24) is 19.4 Å². The number of rotatable bonds is 4. The van der Waals surface area contributed by atoms with E-state index < -0.39 is 4.92 Å². The lowest BCUT2D eigenvalue weighted by Crippen LogP contribution is -2.19. The molecule has 0 aliphatic carbocycles. The van der Waals surface area contributed by atoms with Crippen LogP contribution in [0.4, 0.5) is 11.6 Å². The number of nitrogens with zero attached hydrogens (tertiary/aromatic N) is 5. The Labute approximate surface area is 136 Å². The minimum absolute atomic E-state index is 0.0517. The average Bonchev–Trinajstić information content (AvgIpc) is 3.15. The number of hydrogen-bond donors (Lipinski definition) is 1. The topological polar surface area (TPSA) is 92.4 Å². The Morgan fingerprint density at radius 1 is 1.21 bits per heavy atom. The van der Waals surface area contributed by atoms with Crippen LogP contribution in [0, 0.1) is 10.1 Å². The molecule has 4 aromatic rings. The number of aromatic amines is 1. The SMILES string of the molecule is CN(Cc1nc2ccccc2[nH]1)c1nc2ccccn2c1[N+](=O)[O-]. The van der Waals surface area contributed by atoms with Gasteiger partial charge in [0.25, 0.3) is 0 Å². The third-order valence-electron chi connectivity index (χ3n) is 3.85. The molecule has 0 unspecified atom stereocenters. The Morgan fingerprint density at radius 2 is 2.00 bits per heavy atom. The van der Waals surface area contributed by atoms with Crippen molar-refractivity contribution < 1.29 is 4.92 Å². The molecule has 120 valence electrons. The number of H-pyrrole nitrogens is 1. The number of hydrogen-bond acceptors (Lipinski definition) is 5. The van der Waals surface area contributed by atoms with Crippen molar-refractivity contribution in [2.45, 2.75) is 6.54 Å². The van der Waals surface area contributed by atoms with Gasteiger partial charge in [-0.15, -0.1) is 0 Å². The molecule has 8 heteroatoms. The maximum absolute atomic E-state index is 11.5. The van der Waals surface area contributed by atoms with Crippen LogP contribution in [0.2, 0.25) is 0 Å². The van der Waals surface area contributed by atoms with Crippen LogP contribution in [0.1, 0.15) is 5.82 Å². The third-order valence-corrected chi connectivity index (χ3v) is 3.85. The summed E-state index contributed by atoms with van der Waals surface area (Å²) in [5.41, 5.74) is 2.34. The Kier molecular flexibility index (Phi) is 3.16. The number of nitrogens with one attached hydrogen (secondary N) is 1. The lowest BCUT2D eigenvalue weighted by Gasteiger charge is -2.13. The highest BCUT2D eigenvalue weighted by molar-refractivity contribution is 5.74. The first kappa shape index (κ1) is 14.2. The van der Waals surface area contributed by atoms with Crippen LogP contribution in [0.5, 0.6) is 0 Å².